The van der Waals surface area contributed by atoms with Gasteiger partial charge >= 0.3 is 12.1 Å². The number of rotatable bonds is 11. The highest BCUT2D eigenvalue weighted by Crippen LogP contribution is 2.43. The van der Waals surface area contributed by atoms with E-state index in [1.807, 2.05) is 51.2 Å². The van der Waals surface area contributed by atoms with Crippen LogP contribution in [0.15, 0.2) is 36.5 Å². The van der Waals surface area contributed by atoms with Gasteiger partial charge in [0, 0.05) is 62.1 Å². The van der Waals surface area contributed by atoms with Crippen molar-refractivity contribution in [3.8, 4) is 0 Å². The van der Waals surface area contributed by atoms with Gasteiger partial charge in [-0.3, -0.25) is 19.5 Å². The van der Waals surface area contributed by atoms with E-state index >= 15 is 4.39 Å². The van der Waals surface area contributed by atoms with Gasteiger partial charge in [-0.2, -0.15) is 0 Å². The second-order valence-electron chi connectivity index (χ2n) is 17.4. The average molecular weight is 829 g/mol. The number of methoxy groups -OCH3 is 1. The number of carbonyl (C=O) groups is 4. The molecule has 1 amide bonds. The molecule has 0 bridgehead atoms. The number of aromatic nitrogens is 1. The number of hydrogen-bond donors (Lipinski definition) is 2. The Morgan fingerprint density at radius 2 is 1.75 bits per heavy atom. The summed E-state index contributed by atoms with van der Waals surface area (Å²) in [6, 6.07) is 8.46. The molecule has 0 radical (unpaired) electrons. The third kappa shape index (κ3) is 9.35. The number of fused-ring (bicyclic) bond motifs is 2. The molecule has 13 atom stereocenters. The number of alkyl halides is 1. The molecule has 0 saturated carbocycles. The van der Waals surface area contributed by atoms with E-state index in [0.717, 1.165) is 23.4 Å². The molecule has 59 heavy (non-hydrogen) atoms. The molecule has 0 aliphatic carbocycles. The molecule has 1 aromatic heterocycles. The molecule has 3 saturated heterocycles. The fourth-order valence-corrected chi connectivity index (χ4v) is 9.63. The van der Waals surface area contributed by atoms with Gasteiger partial charge in [-0.15, -0.1) is 0 Å². The lowest BCUT2D eigenvalue weighted by atomic mass is 9.73. The molecule has 1 aromatic carbocycles. The first kappa shape index (κ1) is 46.5. The lowest BCUT2D eigenvalue weighted by Gasteiger charge is -2.46. The second kappa shape index (κ2) is 18.6. The monoisotopic (exact) mass is 828 g/mol. The highest BCUT2D eigenvalue weighted by molar-refractivity contribution is 6.08. The van der Waals surface area contributed by atoms with Crippen LogP contribution in [0.4, 0.5) is 9.18 Å². The highest BCUT2D eigenvalue weighted by Gasteiger charge is 2.61. The van der Waals surface area contributed by atoms with Gasteiger partial charge in [0.2, 0.25) is 0 Å². The van der Waals surface area contributed by atoms with E-state index in [0.29, 0.717) is 26.1 Å². The molecule has 2 aromatic rings. The molecule has 3 fully saturated rings. The molecule has 328 valence electrons. The molecule has 0 spiro atoms. The fourth-order valence-electron chi connectivity index (χ4n) is 9.63. The number of hydrogen-bond acceptors (Lipinski definition) is 13. The van der Waals surface area contributed by atoms with Gasteiger partial charge in [-0.25, -0.2) is 14.0 Å². The van der Waals surface area contributed by atoms with Crippen molar-refractivity contribution in [2.75, 3.05) is 33.8 Å². The quantitative estimate of drug-likeness (QED) is 0.230. The van der Waals surface area contributed by atoms with Crippen molar-refractivity contribution in [3.63, 3.8) is 0 Å². The zero-order chi connectivity index (χ0) is 43.6. The minimum atomic E-state index is -3.18. The Bertz CT molecular complexity index is 1830. The van der Waals surface area contributed by atoms with E-state index < -0.39 is 89.2 Å². The highest BCUT2D eigenvalue weighted by atomic mass is 19.1. The first-order valence-corrected chi connectivity index (χ1v) is 21.0. The Morgan fingerprint density at radius 3 is 2.41 bits per heavy atom. The van der Waals surface area contributed by atoms with Crippen LogP contribution < -0.4 is 5.32 Å². The minimum Gasteiger partial charge on any atom is -0.455 e. The summed E-state index contributed by atoms with van der Waals surface area (Å²) < 4.78 is 47.5. The van der Waals surface area contributed by atoms with Gasteiger partial charge in [0.05, 0.1) is 29.4 Å². The Hall–Kier alpha value is -3.60. The Kier molecular flexibility index (Phi) is 14.6. The van der Waals surface area contributed by atoms with Crippen LogP contribution in [0.3, 0.4) is 0 Å². The normalized spacial score (nSPS) is 37.6. The summed E-state index contributed by atoms with van der Waals surface area (Å²) in [5.74, 6) is -5.81. The topological polar surface area (TPSA) is 166 Å². The van der Waals surface area contributed by atoms with Gasteiger partial charge in [-0.05, 0) is 78.2 Å². The number of ether oxygens (including phenoxy) is 5. The summed E-state index contributed by atoms with van der Waals surface area (Å²) in [5.41, 5.74) is -4.32. The van der Waals surface area contributed by atoms with E-state index in [1.165, 1.54) is 18.9 Å². The van der Waals surface area contributed by atoms with Crippen LogP contribution in [-0.4, -0.2) is 137 Å². The number of Topliss-reactive ketones (excluding diaryl/α,β-unsaturated/α-hetero) is 2. The summed E-state index contributed by atoms with van der Waals surface area (Å²) >= 11 is 0. The van der Waals surface area contributed by atoms with E-state index in [2.05, 4.69) is 15.2 Å². The number of esters is 1. The standard InChI is InChI=1S/C44H65FN4O10/c1-12-33-44(9)36(49(41(54)59-44)21-20-48(10)24-29-18-19-47-31-17-15-14-16-30(29)31)27(5)34(50)25(3)23-42(7,55-11)38(28(6)37(52)43(8,45)40(53)57-33)58-39-35(51)32(46-13-2)22-26(4)56-39/h14-19,25-28,32-33,35-36,38-39,46,51H,12-13,20-24H2,1-11H3/t25-,26-,27+,28+,32+,33-,35+,36?,38-,39+,42-,43+,44-/m1/s1. The maximum Gasteiger partial charge on any atom is 0.410 e. The summed E-state index contributed by atoms with van der Waals surface area (Å²) in [7, 11) is 3.33. The van der Waals surface area contributed by atoms with Gasteiger partial charge < -0.3 is 39.0 Å². The average Bonchev–Trinajstić information content (AvgIpc) is 3.46. The predicted molar refractivity (Wildman–Crippen MR) is 218 cm³/mol. The molecule has 3 aliphatic heterocycles. The second-order valence-corrected chi connectivity index (χ2v) is 17.4. The van der Waals surface area contributed by atoms with Crippen LogP contribution in [0.1, 0.15) is 87.1 Å². The Morgan fingerprint density at radius 1 is 1.05 bits per heavy atom. The molecule has 15 heteroatoms. The van der Waals surface area contributed by atoms with Gasteiger partial charge in [0.25, 0.3) is 5.67 Å². The molecule has 2 N–H and O–H groups in total. The van der Waals surface area contributed by atoms with Crippen molar-refractivity contribution in [1.82, 2.24) is 20.1 Å². The zero-order valence-electron chi connectivity index (χ0n) is 36.5. The molecule has 14 nitrogen and oxygen atoms in total. The van der Waals surface area contributed by atoms with Crippen LogP contribution in [0.5, 0.6) is 0 Å². The summed E-state index contributed by atoms with van der Waals surface area (Å²) in [6.45, 7) is 16.1. The lowest BCUT2D eigenvalue weighted by Crippen LogP contribution is -2.62. The number of para-hydroxylation sites is 1. The minimum absolute atomic E-state index is 0.00448. The first-order valence-electron chi connectivity index (χ1n) is 21.0. The van der Waals surface area contributed by atoms with Crippen molar-refractivity contribution < 1.29 is 52.4 Å². The molecule has 4 heterocycles. The van der Waals surface area contributed by atoms with Crippen LogP contribution in [0.2, 0.25) is 0 Å². The smallest absolute Gasteiger partial charge is 0.410 e. The predicted octanol–water partition coefficient (Wildman–Crippen LogP) is 5.01. The van der Waals surface area contributed by atoms with Crippen LogP contribution in [0.25, 0.3) is 10.9 Å². The maximum atomic E-state index is 16.9. The summed E-state index contributed by atoms with van der Waals surface area (Å²) in [4.78, 5) is 65.0. The van der Waals surface area contributed by atoms with Gasteiger partial charge in [0.1, 0.15) is 18.0 Å². The molecule has 5 rings (SSSR count). The van der Waals surface area contributed by atoms with Crippen molar-refractivity contribution >= 4 is 34.5 Å². The van der Waals surface area contributed by atoms with E-state index in [4.69, 9.17) is 23.7 Å². The Balaban J connectivity index is 1.50. The van der Waals surface area contributed by atoms with Crippen molar-refractivity contribution in [2.24, 2.45) is 17.8 Å². The van der Waals surface area contributed by atoms with Crippen molar-refractivity contribution in [1.29, 1.82) is 0 Å². The van der Waals surface area contributed by atoms with E-state index in [-0.39, 0.29) is 31.3 Å². The largest absolute Gasteiger partial charge is 0.455 e. The molecular formula is C44H65FN4O10. The van der Waals surface area contributed by atoms with Gasteiger partial charge in [0.15, 0.2) is 17.7 Å². The van der Waals surface area contributed by atoms with E-state index in [1.54, 1.807) is 40.8 Å². The molecular weight excluding hydrogens is 763 g/mol. The number of halogens is 1. The number of cyclic esters (lactones) is 1. The van der Waals surface area contributed by atoms with Gasteiger partial charge in [-0.1, -0.05) is 52.8 Å². The summed E-state index contributed by atoms with van der Waals surface area (Å²) in [5, 5.41) is 15.6. The van der Waals surface area contributed by atoms with Crippen LogP contribution in [0, 0.1) is 17.8 Å². The van der Waals surface area contributed by atoms with E-state index in [9.17, 15) is 24.3 Å². The number of amides is 1. The SMILES string of the molecule is CCN[C@H]1C[C@@H](C)O[C@@H](O[C@@H]2[C@@H](C)C(=O)[C@](C)(F)C(=O)O[C@H](CC)[C@@]3(C)OC(=O)N(CCN(C)Cc4ccnc5ccccc45)C3[C@@H](C)C(=O)[C@H](C)C[C@@]2(C)OC)[C@H]1O. The molecule has 3 aliphatic rings. The lowest BCUT2D eigenvalue weighted by molar-refractivity contribution is -0.290. The number of likely N-dealkylation sites (N-methyl/N-ethyl adjacent to an activating group) is 2. The number of carbonyl (C=O) groups excluding carboxylic acids is 4. The van der Waals surface area contributed by atoms with Crippen molar-refractivity contribution in [2.45, 2.75) is 148 Å². The van der Waals surface area contributed by atoms with Crippen molar-refractivity contribution in [3.05, 3.63) is 42.1 Å². The number of pyridine rings is 1. The number of aliphatic hydroxyl groups excluding tert-OH is 1. The summed E-state index contributed by atoms with van der Waals surface area (Å²) in [6.07, 6.45) is -3.67. The zero-order valence-corrected chi connectivity index (χ0v) is 36.5. The number of ketones is 2. The number of benzene rings is 1. The van der Waals surface area contributed by atoms with Crippen LogP contribution >= 0.6 is 0 Å². The first-order chi connectivity index (χ1) is 27.7. The fraction of sp³-hybridized carbons (Fsp3) is 0.705. The number of aliphatic hydroxyl groups is 1. The number of nitrogens with zero attached hydrogens (tertiary/aromatic N) is 3. The molecule has 1 unspecified atom stereocenters. The Labute approximate surface area is 347 Å². The maximum absolute atomic E-state index is 16.9. The third-order valence-corrected chi connectivity index (χ3v) is 12.9. The number of nitrogens with one attached hydrogen (secondary N) is 1. The third-order valence-electron chi connectivity index (χ3n) is 12.9. The van der Waals surface area contributed by atoms with Crippen LogP contribution in [-0.2, 0) is 44.6 Å².